The van der Waals surface area contributed by atoms with E-state index < -0.39 is 59.3 Å². The molecule has 0 aliphatic heterocycles. The van der Waals surface area contributed by atoms with Crippen LogP contribution < -0.4 is 10.6 Å². The van der Waals surface area contributed by atoms with Gasteiger partial charge in [0.15, 0.2) is 0 Å². The van der Waals surface area contributed by atoms with Crippen molar-refractivity contribution in [2.75, 3.05) is 10.6 Å². The molecule has 6 rings (SSSR count). The first-order valence-electron chi connectivity index (χ1n) is 15.1. The number of rotatable bonds is 6. The van der Waals surface area contributed by atoms with Gasteiger partial charge in [-0.1, -0.05) is 48.6 Å². The zero-order valence-electron chi connectivity index (χ0n) is 26.5. The third-order valence-corrected chi connectivity index (χ3v) is 9.76. The van der Waals surface area contributed by atoms with Gasteiger partial charge in [-0.15, -0.1) is 0 Å². The maximum Gasteiger partial charge on any atom is 0.323 e. The third-order valence-electron chi connectivity index (χ3n) is 7.93. The zero-order valence-corrected chi connectivity index (χ0v) is 28.1. The fraction of sp³-hybridized carbons (Fsp3) is 0.0571. The molecule has 0 saturated heterocycles. The number of aliphatic imine (C=N–C) groups is 2. The highest BCUT2D eigenvalue weighted by atomic mass is 32.2. The highest BCUT2D eigenvalue weighted by Crippen LogP contribution is 2.33. The second kappa shape index (κ2) is 13.8. The normalized spacial score (nSPS) is 15.6. The number of carbonyl (C=O) groups excluding carboxylic acids is 3. The molecule has 4 aromatic rings. The quantitative estimate of drug-likeness (QED) is 0.148. The summed E-state index contributed by atoms with van der Waals surface area (Å²) in [7, 11) is -9.66. The maximum absolute atomic E-state index is 13.2. The Morgan fingerprint density at radius 1 is 0.577 bits per heavy atom. The number of phenols is 2. The molecular formula is C35H26N4O11S2. The minimum atomic E-state index is -4.83. The molecular weight excluding hydrogens is 717 g/mol. The van der Waals surface area contributed by atoms with Gasteiger partial charge in [0.25, 0.3) is 32.1 Å². The Kier molecular flexibility index (Phi) is 9.44. The molecule has 17 heteroatoms. The summed E-state index contributed by atoms with van der Waals surface area (Å²) >= 11 is 0. The summed E-state index contributed by atoms with van der Waals surface area (Å²) in [6.45, 7) is 0. The van der Waals surface area contributed by atoms with Crippen molar-refractivity contribution in [2.24, 2.45) is 9.98 Å². The SMILES string of the molecule is O=C(Nc1cccc(C(=O)N=C2C(S(=O)(=O)O)=CCc3cccc(O)c32)c1)Nc1cccc(C(=O)N=C2C(S(=O)(=O)O)=CCc3cccc(O)c32)c1. The van der Waals surface area contributed by atoms with E-state index in [1.807, 2.05) is 0 Å². The van der Waals surface area contributed by atoms with E-state index in [4.69, 9.17) is 0 Å². The second-order valence-corrected chi connectivity index (χ2v) is 14.2. The average Bonchev–Trinajstić information content (AvgIpc) is 3.07. The minimum Gasteiger partial charge on any atom is -0.507 e. The Balaban J connectivity index is 1.21. The molecule has 0 spiro atoms. The Morgan fingerprint density at radius 2 is 0.962 bits per heavy atom. The van der Waals surface area contributed by atoms with Crippen molar-refractivity contribution in [3.63, 3.8) is 0 Å². The molecule has 0 heterocycles. The average molecular weight is 743 g/mol. The van der Waals surface area contributed by atoms with Crippen molar-refractivity contribution in [3.05, 3.63) is 140 Å². The summed E-state index contributed by atoms with van der Waals surface area (Å²) in [5.74, 6) is -2.58. The van der Waals surface area contributed by atoms with Crippen molar-refractivity contribution in [1.82, 2.24) is 0 Å². The van der Waals surface area contributed by atoms with Gasteiger partial charge in [-0.2, -0.15) is 16.8 Å². The van der Waals surface area contributed by atoms with E-state index in [9.17, 15) is 50.5 Å². The zero-order chi connectivity index (χ0) is 37.4. The number of amides is 4. The van der Waals surface area contributed by atoms with Crippen LogP contribution in [0.1, 0.15) is 43.0 Å². The van der Waals surface area contributed by atoms with Crippen LogP contribution in [0.3, 0.4) is 0 Å². The van der Waals surface area contributed by atoms with Gasteiger partial charge in [0.1, 0.15) is 21.3 Å². The number of urea groups is 1. The van der Waals surface area contributed by atoms with Gasteiger partial charge < -0.3 is 20.8 Å². The van der Waals surface area contributed by atoms with Crippen LogP contribution >= 0.6 is 0 Å². The van der Waals surface area contributed by atoms with E-state index in [0.29, 0.717) is 11.1 Å². The molecule has 4 amide bonds. The van der Waals surface area contributed by atoms with Gasteiger partial charge in [-0.25, -0.2) is 14.8 Å². The number of allylic oxidation sites excluding steroid dienone is 4. The first-order valence-corrected chi connectivity index (χ1v) is 18.0. The molecule has 52 heavy (non-hydrogen) atoms. The maximum atomic E-state index is 13.2. The lowest BCUT2D eigenvalue weighted by Crippen LogP contribution is -2.22. The smallest absolute Gasteiger partial charge is 0.323 e. The molecule has 2 aliphatic carbocycles. The van der Waals surface area contributed by atoms with Gasteiger partial charge >= 0.3 is 6.03 Å². The summed E-state index contributed by atoms with van der Waals surface area (Å²) in [6, 6.07) is 19.0. The molecule has 264 valence electrons. The fourth-order valence-corrected chi connectivity index (χ4v) is 7.04. The Morgan fingerprint density at radius 3 is 1.35 bits per heavy atom. The van der Waals surface area contributed by atoms with Crippen molar-refractivity contribution in [1.29, 1.82) is 0 Å². The van der Waals surface area contributed by atoms with E-state index in [1.165, 1.54) is 84.9 Å². The summed E-state index contributed by atoms with van der Waals surface area (Å²) < 4.78 is 68.0. The van der Waals surface area contributed by atoms with Crippen LogP contribution in [0.5, 0.6) is 11.5 Å². The van der Waals surface area contributed by atoms with Crippen LogP contribution in [0.15, 0.2) is 117 Å². The first kappa shape index (κ1) is 35.6. The van der Waals surface area contributed by atoms with Crippen LogP contribution in [0, 0.1) is 0 Å². The molecule has 0 fully saturated rings. The second-order valence-electron chi connectivity index (χ2n) is 11.4. The van der Waals surface area contributed by atoms with Gasteiger partial charge in [0.2, 0.25) is 0 Å². The lowest BCUT2D eigenvalue weighted by atomic mass is 9.94. The standard InChI is InChI=1S/C35H26N4O11S2/c40-25-11-3-5-19-13-15-27(51(45,46)47)31(29(19)25)38-33(42)21-7-1-9-23(17-21)36-35(44)37-24-10-2-8-22(18-24)34(43)39-32-28(52(48,49)50)16-14-20-6-4-12-26(41)30(20)32/h1-12,15-18,40-41H,13-14H2,(H2,36,37,44)(H,45,46,47)(H,48,49,50). The number of hydrogen-bond donors (Lipinski definition) is 6. The minimum absolute atomic E-state index is 0.0243. The van der Waals surface area contributed by atoms with Crippen LogP contribution in [-0.4, -0.2) is 65.4 Å². The molecule has 0 atom stereocenters. The van der Waals surface area contributed by atoms with Crippen LogP contribution in [0.4, 0.5) is 16.2 Å². The number of benzene rings is 4. The van der Waals surface area contributed by atoms with Gasteiger partial charge in [0.05, 0.1) is 11.4 Å². The molecule has 0 saturated carbocycles. The predicted molar refractivity (Wildman–Crippen MR) is 190 cm³/mol. The number of fused-ring (bicyclic) bond motifs is 2. The van der Waals surface area contributed by atoms with Crippen LogP contribution in [0.2, 0.25) is 0 Å². The number of nitrogens with one attached hydrogen (secondary N) is 2. The van der Waals surface area contributed by atoms with Crippen LogP contribution in [0.25, 0.3) is 0 Å². The first-order chi connectivity index (χ1) is 24.6. The van der Waals surface area contributed by atoms with E-state index >= 15 is 0 Å². The Bertz CT molecular complexity index is 2380. The van der Waals surface area contributed by atoms with E-state index in [2.05, 4.69) is 20.6 Å². The Hall–Kier alpha value is -6.27. The fourth-order valence-electron chi connectivity index (χ4n) is 5.67. The largest absolute Gasteiger partial charge is 0.507 e. The molecule has 15 nitrogen and oxygen atoms in total. The van der Waals surface area contributed by atoms with Crippen molar-refractivity contribution >= 4 is 60.9 Å². The summed E-state index contributed by atoms with van der Waals surface area (Å²) in [5, 5.41) is 25.9. The number of aromatic hydroxyl groups is 2. The predicted octanol–water partition coefficient (Wildman–Crippen LogP) is 4.66. The highest BCUT2D eigenvalue weighted by Gasteiger charge is 2.31. The third kappa shape index (κ3) is 7.42. The number of phenolic OH excluding ortho intramolecular Hbond substituents is 2. The molecule has 0 unspecified atom stereocenters. The molecule has 6 N–H and O–H groups in total. The monoisotopic (exact) mass is 742 g/mol. The molecule has 0 radical (unpaired) electrons. The van der Waals surface area contributed by atoms with E-state index in [-0.39, 0.29) is 58.0 Å². The number of anilines is 2. The number of hydrogen-bond acceptors (Lipinski definition) is 9. The van der Waals surface area contributed by atoms with Gasteiger partial charge in [0, 0.05) is 33.6 Å². The molecule has 2 aliphatic rings. The van der Waals surface area contributed by atoms with Crippen molar-refractivity contribution < 1.29 is 50.5 Å². The lowest BCUT2D eigenvalue weighted by molar-refractivity contribution is 0.0994. The van der Waals surface area contributed by atoms with E-state index in [1.54, 1.807) is 12.1 Å². The topological polar surface area (TPSA) is 249 Å². The Labute approximate surface area is 295 Å². The van der Waals surface area contributed by atoms with Crippen molar-refractivity contribution in [2.45, 2.75) is 12.8 Å². The van der Waals surface area contributed by atoms with E-state index in [0.717, 1.165) is 0 Å². The highest BCUT2D eigenvalue weighted by molar-refractivity contribution is 7.91. The summed E-state index contributed by atoms with van der Waals surface area (Å²) in [5.41, 5.74) is 0.0673. The molecule has 0 bridgehead atoms. The van der Waals surface area contributed by atoms with Crippen molar-refractivity contribution in [3.8, 4) is 11.5 Å². The summed E-state index contributed by atoms with van der Waals surface area (Å²) in [4.78, 5) is 45.9. The number of nitrogens with zero attached hydrogens (tertiary/aromatic N) is 2. The lowest BCUT2D eigenvalue weighted by Gasteiger charge is -2.18. The van der Waals surface area contributed by atoms with Crippen LogP contribution in [-0.2, 0) is 33.1 Å². The van der Waals surface area contributed by atoms with Gasteiger partial charge in [-0.3, -0.25) is 18.7 Å². The number of carbonyl (C=O) groups is 3. The summed E-state index contributed by atoms with van der Waals surface area (Å²) in [6.07, 6.45) is 2.46. The molecule has 4 aromatic carbocycles. The van der Waals surface area contributed by atoms with Gasteiger partial charge in [-0.05, 0) is 72.5 Å². The molecule has 0 aromatic heterocycles.